The molecule has 0 radical (unpaired) electrons. The van der Waals surface area contributed by atoms with Gasteiger partial charge in [-0.1, -0.05) is 12.1 Å². The highest BCUT2D eigenvalue weighted by atomic mass is 19.1. The van der Waals surface area contributed by atoms with Crippen LogP contribution in [-0.2, 0) is 6.54 Å². The van der Waals surface area contributed by atoms with E-state index in [1.165, 1.54) is 19.2 Å². The Morgan fingerprint density at radius 3 is 2.00 bits per heavy atom. The summed E-state index contributed by atoms with van der Waals surface area (Å²) in [5.74, 6) is -0.216. The number of halogens is 1. The molecular formula is C8H13FN2. The van der Waals surface area contributed by atoms with E-state index in [9.17, 15) is 4.39 Å². The van der Waals surface area contributed by atoms with Crippen molar-refractivity contribution < 1.29 is 4.39 Å². The van der Waals surface area contributed by atoms with Crippen molar-refractivity contribution in [2.45, 2.75) is 6.54 Å². The van der Waals surface area contributed by atoms with Crippen LogP contribution < -0.4 is 11.5 Å². The van der Waals surface area contributed by atoms with Gasteiger partial charge in [-0.2, -0.15) is 0 Å². The summed E-state index contributed by atoms with van der Waals surface area (Å²) >= 11 is 0. The highest BCUT2D eigenvalue weighted by Crippen LogP contribution is 2.00. The first-order valence-electron chi connectivity index (χ1n) is 3.35. The van der Waals surface area contributed by atoms with Crippen LogP contribution in [0.5, 0.6) is 0 Å². The maximum Gasteiger partial charge on any atom is 0.123 e. The van der Waals surface area contributed by atoms with E-state index in [1.54, 1.807) is 12.1 Å². The average molecular weight is 156 g/mol. The summed E-state index contributed by atoms with van der Waals surface area (Å²) in [7, 11) is 1.50. The van der Waals surface area contributed by atoms with Gasteiger partial charge in [0.2, 0.25) is 0 Å². The van der Waals surface area contributed by atoms with Gasteiger partial charge in [0.25, 0.3) is 0 Å². The van der Waals surface area contributed by atoms with Crippen LogP contribution in [0.4, 0.5) is 4.39 Å². The van der Waals surface area contributed by atoms with Crippen LogP contribution >= 0.6 is 0 Å². The minimum atomic E-state index is -0.216. The largest absolute Gasteiger partial charge is 0.333 e. The fourth-order valence-corrected chi connectivity index (χ4v) is 0.620. The molecule has 0 saturated heterocycles. The summed E-state index contributed by atoms with van der Waals surface area (Å²) in [6.45, 7) is 0.472. The van der Waals surface area contributed by atoms with Gasteiger partial charge < -0.3 is 11.5 Å². The second-order valence-corrected chi connectivity index (χ2v) is 1.83. The molecule has 0 heterocycles. The van der Waals surface area contributed by atoms with Crippen molar-refractivity contribution in [3.05, 3.63) is 35.6 Å². The van der Waals surface area contributed by atoms with Crippen molar-refractivity contribution in [2.75, 3.05) is 7.05 Å². The van der Waals surface area contributed by atoms with Crippen molar-refractivity contribution in [2.24, 2.45) is 11.5 Å². The first-order chi connectivity index (χ1) is 5.33. The number of hydrogen-bond acceptors (Lipinski definition) is 2. The third kappa shape index (κ3) is 3.70. The van der Waals surface area contributed by atoms with Gasteiger partial charge in [0.1, 0.15) is 5.82 Å². The van der Waals surface area contributed by atoms with Gasteiger partial charge in [-0.3, -0.25) is 0 Å². The smallest absolute Gasteiger partial charge is 0.123 e. The number of hydrogen-bond donors (Lipinski definition) is 2. The third-order valence-corrected chi connectivity index (χ3v) is 1.15. The molecule has 2 nitrogen and oxygen atoms in total. The predicted molar refractivity (Wildman–Crippen MR) is 44.4 cm³/mol. The highest BCUT2D eigenvalue weighted by molar-refractivity contribution is 5.15. The fraction of sp³-hybridized carbons (Fsp3) is 0.250. The minimum absolute atomic E-state index is 0.216. The van der Waals surface area contributed by atoms with Crippen molar-refractivity contribution in [1.82, 2.24) is 0 Å². The molecule has 0 aliphatic rings. The molecule has 1 rings (SSSR count). The van der Waals surface area contributed by atoms with Gasteiger partial charge in [0.05, 0.1) is 0 Å². The molecule has 0 fully saturated rings. The second-order valence-electron chi connectivity index (χ2n) is 1.83. The van der Waals surface area contributed by atoms with Crippen LogP contribution in [-0.4, -0.2) is 7.05 Å². The zero-order valence-electron chi connectivity index (χ0n) is 6.55. The summed E-state index contributed by atoms with van der Waals surface area (Å²) in [5, 5.41) is 0. The molecule has 0 aromatic heterocycles. The predicted octanol–water partition coefficient (Wildman–Crippen LogP) is 0.859. The normalized spacial score (nSPS) is 8.36. The van der Waals surface area contributed by atoms with E-state index >= 15 is 0 Å². The standard InChI is InChI=1S/C7H8FN.CH5N/c8-7-3-1-6(5-9)2-4-7;1-2/h1-4H,5,9H2;2H2,1H3. The molecule has 0 atom stereocenters. The molecule has 0 unspecified atom stereocenters. The SMILES string of the molecule is CN.NCc1ccc(F)cc1. The van der Waals surface area contributed by atoms with E-state index < -0.39 is 0 Å². The van der Waals surface area contributed by atoms with E-state index in [-0.39, 0.29) is 5.82 Å². The van der Waals surface area contributed by atoms with Crippen LogP contribution in [0.3, 0.4) is 0 Å². The molecular weight excluding hydrogens is 143 g/mol. The second kappa shape index (κ2) is 5.82. The van der Waals surface area contributed by atoms with Gasteiger partial charge in [0.15, 0.2) is 0 Å². The quantitative estimate of drug-likeness (QED) is 0.633. The molecule has 0 saturated carbocycles. The van der Waals surface area contributed by atoms with E-state index in [4.69, 9.17) is 5.73 Å². The topological polar surface area (TPSA) is 52.0 Å². The maximum atomic E-state index is 12.2. The summed E-state index contributed by atoms with van der Waals surface area (Å²) in [6.07, 6.45) is 0. The molecule has 11 heavy (non-hydrogen) atoms. The van der Waals surface area contributed by atoms with Crippen molar-refractivity contribution in [1.29, 1.82) is 0 Å². The van der Waals surface area contributed by atoms with Gasteiger partial charge in [-0.05, 0) is 24.7 Å². The van der Waals surface area contributed by atoms with Crippen molar-refractivity contribution in [3.63, 3.8) is 0 Å². The van der Waals surface area contributed by atoms with Crippen molar-refractivity contribution in [3.8, 4) is 0 Å². The average Bonchev–Trinajstić information content (AvgIpc) is 2.10. The van der Waals surface area contributed by atoms with E-state index in [1.807, 2.05) is 0 Å². The van der Waals surface area contributed by atoms with Crippen LogP contribution in [0.25, 0.3) is 0 Å². The van der Waals surface area contributed by atoms with E-state index in [0.29, 0.717) is 6.54 Å². The molecule has 3 heteroatoms. The Hall–Kier alpha value is -0.930. The Bertz CT molecular complexity index is 184. The summed E-state index contributed by atoms with van der Waals surface area (Å²) in [6, 6.07) is 6.16. The summed E-state index contributed by atoms with van der Waals surface area (Å²) < 4.78 is 12.2. The molecule has 4 N–H and O–H groups in total. The lowest BCUT2D eigenvalue weighted by atomic mass is 10.2. The van der Waals surface area contributed by atoms with E-state index in [2.05, 4.69) is 5.73 Å². The van der Waals surface area contributed by atoms with Gasteiger partial charge >= 0.3 is 0 Å². The Labute approximate surface area is 66.0 Å². The van der Waals surface area contributed by atoms with Gasteiger partial charge in [-0.15, -0.1) is 0 Å². The minimum Gasteiger partial charge on any atom is -0.333 e. The van der Waals surface area contributed by atoms with E-state index in [0.717, 1.165) is 5.56 Å². The molecule has 0 spiro atoms. The first kappa shape index (κ1) is 10.1. The Kier molecular flexibility index (Phi) is 5.33. The molecule has 0 aliphatic heterocycles. The van der Waals surface area contributed by atoms with Gasteiger partial charge in [-0.25, -0.2) is 4.39 Å². The fourth-order valence-electron chi connectivity index (χ4n) is 0.620. The monoisotopic (exact) mass is 156 g/mol. The Morgan fingerprint density at radius 1 is 1.18 bits per heavy atom. The van der Waals surface area contributed by atoms with Crippen LogP contribution in [0.15, 0.2) is 24.3 Å². The lowest BCUT2D eigenvalue weighted by Gasteiger charge is -1.92. The molecule has 0 amide bonds. The first-order valence-corrected chi connectivity index (χ1v) is 3.35. The lowest BCUT2D eigenvalue weighted by molar-refractivity contribution is 0.627. The molecule has 0 bridgehead atoms. The summed E-state index contributed by atoms with van der Waals surface area (Å²) in [5.41, 5.74) is 10.7. The van der Waals surface area contributed by atoms with Gasteiger partial charge in [0, 0.05) is 6.54 Å². The molecule has 1 aromatic carbocycles. The Morgan fingerprint density at radius 2 is 1.64 bits per heavy atom. The zero-order chi connectivity index (χ0) is 8.69. The number of rotatable bonds is 1. The Balaban J connectivity index is 0.000000461. The molecule has 0 aliphatic carbocycles. The molecule has 1 aromatic rings. The summed E-state index contributed by atoms with van der Waals surface area (Å²) in [4.78, 5) is 0. The van der Waals surface area contributed by atoms with Crippen LogP contribution in [0.1, 0.15) is 5.56 Å². The highest BCUT2D eigenvalue weighted by Gasteiger charge is 1.87. The zero-order valence-corrected chi connectivity index (χ0v) is 6.55. The number of benzene rings is 1. The molecule has 62 valence electrons. The third-order valence-electron chi connectivity index (χ3n) is 1.15. The number of nitrogens with two attached hydrogens (primary N) is 2. The maximum absolute atomic E-state index is 12.2. The lowest BCUT2D eigenvalue weighted by Crippen LogP contribution is -1.94. The van der Waals surface area contributed by atoms with Crippen LogP contribution in [0, 0.1) is 5.82 Å². The van der Waals surface area contributed by atoms with Crippen molar-refractivity contribution >= 4 is 0 Å². The van der Waals surface area contributed by atoms with Crippen LogP contribution in [0.2, 0.25) is 0 Å².